The number of hydrogen-bond donors (Lipinski definition) is 0. The molecule has 0 bridgehead atoms. The molecule has 0 amide bonds. The van der Waals surface area contributed by atoms with Gasteiger partial charge < -0.3 is 9.64 Å². The van der Waals surface area contributed by atoms with E-state index in [4.69, 9.17) is 4.74 Å². The maximum Gasteiger partial charge on any atom is 0.129 e. The molecule has 0 radical (unpaired) electrons. The maximum absolute atomic E-state index is 13.7. The van der Waals surface area contributed by atoms with Gasteiger partial charge in [-0.1, -0.05) is 22.0 Å². The van der Waals surface area contributed by atoms with Gasteiger partial charge in [0.1, 0.15) is 5.82 Å². The topological polar surface area (TPSA) is 12.5 Å². The summed E-state index contributed by atoms with van der Waals surface area (Å²) in [5, 5.41) is 0.537. The lowest BCUT2D eigenvalue weighted by molar-refractivity contribution is -0.00526. The lowest BCUT2D eigenvalue weighted by Gasteiger charge is -2.37. The molecule has 2 atom stereocenters. The highest BCUT2D eigenvalue weighted by molar-refractivity contribution is 9.08. The van der Waals surface area contributed by atoms with Crippen LogP contribution in [-0.4, -0.2) is 25.3 Å². The first-order valence-corrected chi connectivity index (χ1v) is 6.97. The monoisotopic (exact) mass is 301 g/mol. The Morgan fingerprint density at radius 3 is 2.59 bits per heavy atom. The van der Waals surface area contributed by atoms with E-state index in [2.05, 4.69) is 34.7 Å². The highest BCUT2D eigenvalue weighted by atomic mass is 79.9. The molecule has 17 heavy (non-hydrogen) atoms. The van der Waals surface area contributed by atoms with Crippen LogP contribution in [0.15, 0.2) is 18.2 Å². The van der Waals surface area contributed by atoms with Crippen molar-refractivity contribution in [3.05, 3.63) is 29.6 Å². The zero-order valence-electron chi connectivity index (χ0n) is 10.1. The molecule has 1 aromatic carbocycles. The van der Waals surface area contributed by atoms with E-state index in [9.17, 15) is 4.39 Å². The van der Waals surface area contributed by atoms with Crippen molar-refractivity contribution in [3.63, 3.8) is 0 Å². The molecule has 0 N–H and O–H groups in total. The van der Waals surface area contributed by atoms with Crippen LogP contribution in [0.4, 0.5) is 10.1 Å². The van der Waals surface area contributed by atoms with Crippen LogP contribution < -0.4 is 4.90 Å². The normalized spacial score (nSPS) is 25.1. The van der Waals surface area contributed by atoms with Crippen molar-refractivity contribution >= 4 is 21.6 Å². The van der Waals surface area contributed by atoms with Crippen molar-refractivity contribution in [1.82, 2.24) is 0 Å². The third-order valence-electron chi connectivity index (χ3n) is 2.99. The highest BCUT2D eigenvalue weighted by Gasteiger charge is 2.24. The zero-order chi connectivity index (χ0) is 12.4. The van der Waals surface area contributed by atoms with Gasteiger partial charge in [-0.2, -0.15) is 0 Å². The fourth-order valence-corrected chi connectivity index (χ4v) is 2.91. The molecule has 2 nitrogen and oxygen atoms in total. The van der Waals surface area contributed by atoms with Crippen LogP contribution in [0.5, 0.6) is 0 Å². The molecular formula is C13H17BrFNO. The van der Waals surface area contributed by atoms with Gasteiger partial charge in [-0.15, -0.1) is 0 Å². The molecule has 0 spiro atoms. The summed E-state index contributed by atoms with van der Waals surface area (Å²) < 4.78 is 19.4. The summed E-state index contributed by atoms with van der Waals surface area (Å²) >= 11 is 3.36. The SMILES string of the molecule is CC1CN(c2cccc(F)c2CBr)CC(C)O1. The summed E-state index contributed by atoms with van der Waals surface area (Å²) in [6.07, 6.45) is 0.371. The molecule has 0 aromatic heterocycles. The molecule has 1 saturated heterocycles. The number of anilines is 1. The number of rotatable bonds is 2. The predicted molar refractivity (Wildman–Crippen MR) is 71.3 cm³/mol. The third kappa shape index (κ3) is 2.80. The van der Waals surface area contributed by atoms with Gasteiger partial charge >= 0.3 is 0 Å². The molecule has 1 aliphatic rings. The number of ether oxygens (including phenoxy) is 1. The minimum absolute atomic E-state index is 0.147. The Bertz CT molecular complexity index is 389. The van der Waals surface area contributed by atoms with Gasteiger partial charge in [0, 0.05) is 29.7 Å². The van der Waals surface area contributed by atoms with Crippen LogP contribution in [0.25, 0.3) is 0 Å². The largest absolute Gasteiger partial charge is 0.372 e. The standard InChI is InChI=1S/C13H17BrFNO/c1-9-7-16(8-10(2)17-9)13-5-3-4-12(15)11(13)6-14/h3-5,9-10H,6-8H2,1-2H3. The van der Waals surface area contributed by atoms with Gasteiger partial charge in [0.05, 0.1) is 12.2 Å². The molecule has 94 valence electrons. The summed E-state index contributed by atoms with van der Waals surface area (Å²) in [5.41, 5.74) is 1.71. The second kappa shape index (κ2) is 5.36. The lowest BCUT2D eigenvalue weighted by atomic mass is 10.1. The van der Waals surface area contributed by atoms with Crippen LogP contribution in [0.2, 0.25) is 0 Å². The van der Waals surface area contributed by atoms with E-state index < -0.39 is 0 Å². The van der Waals surface area contributed by atoms with E-state index >= 15 is 0 Å². The first-order chi connectivity index (χ1) is 8.11. The molecular weight excluding hydrogens is 285 g/mol. The average molecular weight is 302 g/mol. The minimum atomic E-state index is -0.147. The Kier molecular flexibility index (Phi) is 4.05. The smallest absolute Gasteiger partial charge is 0.129 e. The Hall–Kier alpha value is -0.610. The zero-order valence-corrected chi connectivity index (χ0v) is 11.7. The van der Waals surface area contributed by atoms with Gasteiger partial charge in [0.2, 0.25) is 0 Å². The van der Waals surface area contributed by atoms with E-state index in [0.717, 1.165) is 24.3 Å². The second-order valence-electron chi connectivity index (χ2n) is 4.53. The van der Waals surface area contributed by atoms with Crippen molar-refractivity contribution in [2.75, 3.05) is 18.0 Å². The molecule has 1 fully saturated rings. The van der Waals surface area contributed by atoms with Crippen LogP contribution in [0, 0.1) is 5.82 Å². The number of morpholine rings is 1. The molecule has 0 saturated carbocycles. The van der Waals surface area contributed by atoms with Gasteiger partial charge in [-0.25, -0.2) is 4.39 Å². The number of nitrogens with zero attached hydrogens (tertiary/aromatic N) is 1. The van der Waals surface area contributed by atoms with Gasteiger partial charge in [0.15, 0.2) is 0 Å². The molecule has 0 aliphatic carbocycles. The van der Waals surface area contributed by atoms with Crippen molar-refractivity contribution in [2.24, 2.45) is 0 Å². The Morgan fingerprint density at radius 2 is 2.00 bits per heavy atom. The summed E-state index contributed by atoms with van der Waals surface area (Å²) in [6, 6.07) is 5.25. The van der Waals surface area contributed by atoms with Gasteiger partial charge in [0.25, 0.3) is 0 Å². The van der Waals surface area contributed by atoms with Crippen molar-refractivity contribution in [1.29, 1.82) is 0 Å². The number of alkyl halides is 1. The fourth-order valence-electron chi connectivity index (χ4n) is 2.35. The lowest BCUT2D eigenvalue weighted by Crippen LogP contribution is -2.45. The van der Waals surface area contributed by atoms with E-state index in [-0.39, 0.29) is 18.0 Å². The van der Waals surface area contributed by atoms with Gasteiger partial charge in [-0.05, 0) is 26.0 Å². The van der Waals surface area contributed by atoms with E-state index in [1.165, 1.54) is 6.07 Å². The third-order valence-corrected chi connectivity index (χ3v) is 3.55. The van der Waals surface area contributed by atoms with Gasteiger partial charge in [-0.3, -0.25) is 0 Å². The summed E-state index contributed by atoms with van der Waals surface area (Å²) in [6.45, 7) is 5.73. The number of halogens is 2. The summed E-state index contributed by atoms with van der Waals surface area (Å²) in [5.74, 6) is -0.147. The maximum atomic E-state index is 13.7. The van der Waals surface area contributed by atoms with Crippen LogP contribution in [0.1, 0.15) is 19.4 Å². The Morgan fingerprint density at radius 1 is 1.35 bits per heavy atom. The first kappa shape index (κ1) is 12.8. The molecule has 1 aliphatic heterocycles. The second-order valence-corrected chi connectivity index (χ2v) is 5.09. The predicted octanol–water partition coefficient (Wildman–Crippen LogP) is 3.33. The molecule has 2 unspecified atom stereocenters. The van der Waals surface area contributed by atoms with Crippen LogP contribution >= 0.6 is 15.9 Å². The Balaban J connectivity index is 2.30. The average Bonchev–Trinajstić information content (AvgIpc) is 2.27. The molecule has 4 heteroatoms. The number of benzene rings is 1. The van der Waals surface area contributed by atoms with Crippen LogP contribution in [-0.2, 0) is 10.1 Å². The number of hydrogen-bond acceptors (Lipinski definition) is 2. The summed E-state index contributed by atoms with van der Waals surface area (Å²) in [4.78, 5) is 2.21. The van der Waals surface area contributed by atoms with Crippen LogP contribution in [0.3, 0.4) is 0 Å². The fraction of sp³-hybridized carbons (Fsp3) is 0.538. The molecule has 2 rings (SSSR count). The van der Waals surface area contributed by atoms with Crippen molar-refractivity contribution in [2.45, 2.75) is 31.4 Å². The van der Waals surface area contributed by atoms with Crippen molar-refractivity contribution in [3.8, 4) is 0 Å². The molecule has 1 aromatic rings. The molecule has 1 heterocycles. The first-order valence-electron chi connectivity index (χ1n) is 5.85. The minimum Gasteiger partial charge on any atom is -0.372 e. The highest BCUT2D eigenvalue weighted by Crippen LogP contribution is 2.28. The van der Waals surface area contributed by atoms with E-state index in [1.807, 2.05) is 6.07 Å². The quantitative estimate of drug-likeness (QED) is 0.777. The van der Waals surface area contributed by atoms with Crippen molar-refractivity contribution < 1.29 is 9.13 Å². The van der Waals surface area contributed by atoms with E-state index in [0.29, 0.717) is 5.33 Å². The Labute approximate surface area is 110 Å². The summed E-state index contributed by atoms with van der Waals surface area (Å²) in [7, 11) is 0. The van der Waals surface area contributed by atoms with E-state index in [1.54, 1.807) is 6.07 Å².